The molecule has 0 saturated heterocycles. The van der Waals surface area contributed by atoms with E-state index in [1.807, 2.05) is 91.0 Å². The van der Waals surface area contributed by atoms with E-state index in [0.29, 0.717) is 33.9 Å². The molecule has 0 bridgehead atoms. The quantitative estimate of drug-likeness (QED) is 0.169. The third kappa shape index (κ3) is 5.40. The van der Waals surface area contributed by atoms with E-state index in [4.69, 9.17) is 9.97 Å². The number of fused-ring (bicyclic) bond motifs is 7. The average molecular weight is 765 g/mol. The second kappa shape index (κ2) is 14.1. The van der Waals surface area contributed by atoms with E-state index < -0.39 is 0 Å². The van der Waals surface area contributed by atoms with E-state index in [9.17, 15) is 10.5 Å². The molecule has 3 aromatic heterocycles. The lowest BCUT2D eigenvalue weighted by Gasteiger charge is -2.15. The minimum Gasteiger partial charge on any atom is -0.307 e. The molecule has 0 aliphatic carbocycles. The summed E-state index contributed by atoms with van der Waals surface area (Å²) in [6.45, 7) is 0. The molecule has 11 rings (SSSR count). The van der Waals surface area contributed by atoms with Crippen LogP contribution >= 0.6 is 0 Å². The van der Waals surface area contributed by atoms with Gasteiger partial charge < -0.3 is 9.13 Å². The van der Waals surface area contributed by atoms with E-state index in [-0.39, 0.29) is 0 Å². The molecule has 0 saturated carbocycles. The van der Waals surface area contributed by atoms with Gasteiger partial charge in [-0.2, -0.15) is 10.5 Å². The van der Waals surface area contributed by atoms with Gasteiger partial charge in [-0.15, -0.1) is 0 Å². The minimum absolute atomic E-state index is 0.348. The van der Waals surface area contributed by atoms with Crippen LogP contribution in [0.15, 0.2) is 194 Å². The molecular formula is C54H32N6. The Morgan fingerprint density at radius 3 is 1.53 bits per heavy atom. The summed E-state index contributed by atoms with van der Waals surface area (Å²) in [5.41, 5.74) is 12.3. The van der Waals surface area contributed by atoms with Crippen LogP contribution in [0, 0.1) is 22.7 Å². The molecule has 0 radical (unpaired) electrons. The Balaban J connectivity index is 1.24. The van der Waals surface area contributed by atoms with Crippen LogP contribution in [0.25, 0.3) is 100 Å². The first-order chi connectivity index (χ1) is 29.7. The SMILES string of the molecule is N#Cc1cc(-c2nc(-c3ccccc3)nc(-c3ccccc3)c2C#N)ccc1-c1cc2c3ccccc3n(-c3ccccc3)c2c2c1c1ccccc1n2-c1ccccc1. The number of hydrogen-bond acceptors (Lipinski definition) is 4. The molecule has 8 aromatic carbocycles. The molecule has 0 spiro atoms. The van der Waals surface area contributed by atoms with Crippen molar-refractivity contribution < 1.29 is 0 Å². The van der Waals surface area contributed by atoms with Gasteiger partial charge >= 0.3 is 0 Å². The highest BCUT2D eigenvalue weighted by Gasteiger charge is 2.26. The van der Waals surface area contributed by atoms with E-state index in [1.165, 1.54) is 0 Å². The van der Waals surface area contributed by atoms with Gasteiger partial charge in [0.1, 0.15) is 11.6 Å². The summed E-state index contributed by atoms with van der Waals surface area (Å²) in [5.74, 6) is 0.502. The van der Waals surface area contributed by atoms with Gasteiger partial charge in [0, 0.05) is 55.2 Å². The van der Waals surface area contributed by atoms with Crippen molar-refractivity contribution in [3.05, 3.63) is 205 Å². The van der Waals surface area contributed by atoms with Gasteiger partial charge in [-0.25, -0.2) is 9.97 Å². The second-order valence-corrected chi connectivity index (χ2v) is 14.8. The zero-order valence-corrected chi connectivity index (χ0v) is 32.2. The Hall–Kier alpha value is -8.58. The molecule has 278 valence electrons. The average Bonchev–Trinajstić information content (AvgIpc) is 3.85. The molecular weight excluding hydrogens is 733 g/mol. The molecule has 0 fully saturated rings. The van der Waals surface area contributed by atoms with Crippen LogP contribution in [0.5, 0.6) is 0 Å². The summed E-state index contributed by atoms with van der Waals surface area (Å²) in [7, 11) is 0. The number of nitriles is 2. The Bertz CT molecular complexity index is 3540. The van der Waals surface area contributed by atoms with E-state index in [1.54, 1.807) is 0 Å². The van der Waals surface area contributed by atoms with Gasteiger partial charge in [0.15, 0.2) is 5.82 Å². The van der Waals surface area contributed by atoms with Crippen molar-refractivity contribution in [2.75, 3.05) is 0 Å². The predicted molar refractivity (Wildman–Crippen MR) is 242 cm³/mol. The number of aromatic nitrogens is 4. The monoisotopic (exact) mass is 764 g/mol. The van der Waals surface area contributed by atoms with Crippen LogP contribution in [0.1, 0.15) is 11.1 Å². The lowest BCUT2D eigenvalue weighted by atomic mass is 9.91. The van der Waals surface area contributed by atoms with Crippen molar-refractivity contribution in [1.29, 1.82) is 10.5 Å². The summed E-state index contributed by atoms with van der Waals surface area (Å²) < 4.78 is 4.74. The standard InChI is InChI=1S/C54H32N6/c55-33-38-31-37(51-46(34-56)50(35-17-5-1-6-18-35)57-54(58-51)36-19-7-2-8-20-36)29-30-41(38)44-32-45-42-25-13-15-27-47(42)59(39-21-9-3-10-22-39)52(45)53-49(44)43-26-14-16-28-48(43)60(53)40-23-11-4-12-24-40/h1-32H. The largest absolute Gasteiger partial charge is 0.307 e. The van der Waals surface area contributed by atoms with Crippen molar-refractivity contribution in [2.24, 2.45) is 0 Å². The summed E-state index contributed by atoms with van der Waals surface area (Å²) in [4.78, 5) is 9.98. The maximum Gasteiger partial charge on any atom is 0.160 e. The summed E-state index contributed by atoms with van der Waals surface area (Å²) >= 11 is 0. The molecule has 11 aromatic rings. The fraction of sp³-hybridized carbons (Fsp3) is 0. The number of benzene rings is 8. The molecule has 3 heterocycles. The van der Waals surface area contributed by atoms with Crippen molar-refractivity contribution in [2.45, 2.75) is 0 Å². The zero-order valence-electron chi connectivity index (χ0n) is 32.2. The van der Waals surface area contributed by atoms with Crippen molar-refractivity contribution in [3.63, 3.8) is 0 Å². The summed E-state index contributed by atoms with van der Waals surface area (Å²) in [5, 5.41) is 26.1. The van der Waals surface area contributed by atoms with E-state index in [2.05, 4.69) is 124 Å². The Morgan fingerprint density at radius 1 is 0.400 bits per heavy atom. The van der Waals surface area contributed by atoms with Crippen LogP contribution in [-0.4, -0.2) is 19.1 Å². The van der Waals surface area contributed by atoms with Crippen LogP contribution in [0.3, 0.4) is 0 Å². The number of nitrogens with zero attached hydrogens (tertiary/aromatic N) is 6. The van der Waals surface area contributed by atoms with Crippen molar-refractivity contribution in [3.8, 4) is 68.5 Å². The Kier molecular flexibility index (Phi) is 8.15. The molecule has 0 aliphatic rings. The third-order valence-electron chi connectivity index (χ3n) is 11.4. The molecule has 6 heteroatoms. The molecule has 0 aliphatic heterocycles. The normalized spacial score (nSPS) is 11.3. The number of para-hydroxylation sites is 4. The fourth-order valence-electron chi connectivity index (χ4n) is 8.82. The van der Waals surface area contributed by atoms with Gasteiger partial charge in [0.05, 0.1) is 45.1 Å². The highest BCUT2D eigenvalue weighted by atomic mass is 15.0. The molecule has 0 N–H and O–H groups in total. The molecule has 0 amide bonds. The van der Waals surface area contributed by atoms with Gasteiger partial charge in [-0.3, -0.25) is 0 Å². The van der Waals surface area contributed by atoms with E-state index in [0.717, 1.165) is 77.2 Å². The van der Waals surface area contributed by atoms with Crippen LogP contribution in [-0.2, 0) is 0 Å². The molecule has 0 atom stereocenters. The van der Waals surface area contributed by atoms with E-state index >= 15 is 0 Å². The highest BCUT2D eigenvalue weighted by molar-refractivity contribution is 6.28. The topological polar surface area (TPSA) is 83.2 Å². The van der Waals surface area contributed by atoms with Crippen LogP contribution in [0.2, 0.25) is 0 Å². The first-order valence-electron chi connectivity index (χ1n) is 19.8. The van der Waals surface area contributed by atoms with Gasteiger partial charge in [0.25, 0.3) is 0 Å². The smallest absolute Gasteiger partial charge is 0.160 e. The van der Waals surface area contributed by atoms with Crippen molar-refractivity contribution >= 4 is 43.6 Å². The first-order valence-corrected chi connectivity index (χ1v) is 19.8. The summed E-state index contributed by atoms with van der Waals surface area (Å²) in [6.07, 6.45) is 0. The first kappa shape index (κ1) is 34.7. The third-order valence-corrected chi connectivity index (χ3v) is 11.4. The lowest BCUT2D eigenvalue weighted by Crippen LogP contribution is -2.01. The Labute approximate surface area is 345 Å². The van der Waals surface area contributed by atoms with Gasteiger partial charge in [-0.1, -0.05) is 146 Å². The number of rotatable bonds is 6. The summed E-state index contributed by atoms with van der Waals surface area (Å²) in [6, 6.07) is 70.7. The lowest BCUT2D eigenvalue weighted by molar-refractivity contribution is 1.15. The maximum absolute atomic E-state index is 11.1. The van der Waals surface area contributed by atoms with Crippen LogP contribution in [0.4, 0.5) is 0 Å². The Morgan fingerprint density at radius 2 is 0.917 bits per heavy atom. The van der Waals surface area contributed by atoms with Gasteiger partial charge in [0.2, 0.25) is 0 Å². The fourth-order valence-corrected chi connectivity index (χ4v) is 8.82. The maximum atomic E-state index is 11.1. The molecule has 60 heavy (non-hydrogen) atoms. The van der Waals surface area contributed by atoms with Crippen LogP contribution < -0.4 is 0 Å². The van der Waals surface area contributed by atoms with Gasteiger partial charge in [-0.05, 0) is 54.1 Å². The van der Waals surface area contributed by atoms with Crippen molar-refractivity contribution in [1.82, 2.24) is 19.1 Å². The predicted octanol–water partition coefficient (Wildman–Crippen LogP) is 13.1. The zero-order chi connectivity index (χ0) is 40.2. The number of hydrogen-bond donors (Lipinski definition) is 0. The second-order valence-electron chi connectivity index (χ2n) is 14.8. The molecule has 6 nitrogen and oxygen atoms in total. The highest BCUT2D eigenvalue weighted by Crippen LogP contribution is 2.47. The molecule has 0 unspecified atom stereocenters. The minimum atomic E-state index is 0.348.